The predicted molar refractivity (Wildman–Crippen MR) is 110 cm³/mol. The van der Waals surface area contributed by atoms with E-state index >= 15 is 0 Å². The van der Waals surface area contributed by atoms with Gasteiger partial charge in [0.1, 0.15) is 0 Å². The molecular weight excluding hydrogens is 372 g/mol. The molecule has 1 aromatic heterocycles. The first-order valence-electron chi connectivity index (χ1n) is 10.1. The molecule has 29 heavy (non-hydrogen) atoms. The van der Waals surface area contributed by atoms with E-state index in [2.05, 4.69) is 16.9 Å². The number of carbonyl (C=O) groups is 1. The number of ether oxygens (including phenoxy) is 2. The van der Waals surface area contributed by atoms with Crippen LogP contribution < -0.4 is 5.32 Å². The molecular formula is C21H30N4O4. The van der Waals surface area contributed by atoms with Crippen LogP contribution in [0.2, 0.25) is 0 Å². The first kappa shape index (κ1) is 21.3. The van der Waals surface area contributed by atoms with Crippen LogP contribution in [0, 0.1) is 0 Å². The molecule has 1 saturated heterocycles. The molecule has 2 aliphatic rings. The summed E-state index contributed by atoms with van der Waals surface area (Å²) in [5.41, 5.74) is 1.38. The lowest BCUT2D eigenvalue weighted by molar-refractivity contribution is -0.163. The summed E-state index contributed by atoms with van der Waals surface area (Å²) in [6.45, 7) is 7.81. The van der Waals surface area contributed by atoms with Gasteiger partial charge >= 0.3 is 0 Å². The smallest absolute Gasteiger partial charge is 0.277 e. The van der Waals surface area contributed by atoms with Gasteiger partial charge in [-0.15, -0.1) is 0 Å². The maximum Gasteiger partial charge on any atom is 0.277 e. The molecule has 0 aromatic carbocycles. The Hall–Kier alpha value is -2.42. The molecule has 2 atom stereocenters. The van der Waals surface area contributed by atoms with Crippen molar-refractivity contribution in [2.24, 2.45) is 0 Å². The van der Waals surface area contributed by atoms with E-state index in [1.165, 1.54) is 4.90 Å². The molecule has 3 rings (SSSR count). The van der Waals surface area contributed by atoms with Crippen molar-refractivity contribution >= 4 is 11.7 Å². The van der Waals surface area contributed by atoms with Gasteiger partial charge in [-0.2, -0.15) is 0 Å². The second-order valence-corrected chi connectivity index (χ2v) is 7.08. The first-order chi connectivity index (χ1) is 14.1. The third-order valence-electron chi connectivity index (χ3n) is 4.97. The third kappa shape index (κ3) is 5.35. The van der Waals surface area contributed by atoms with Crippen molar-refractivity contribution in [3.8, 4) is 0 Å². The van der Waals surface area contributed by atoms with Gasteiger partial charge in [0.15, 0.2) is 17.8 Å². The average Bonchev–Trinajstić information content (AvgIpc) is 3.13. The van der Waals surface area contributed by atoms with E-state index in [0.29, 0.717) is 37.6 Å². The Morgan fingerprint density at radius 2 is 2.38 bits per heavy atom. The van der Waals surface area contributed by atoms with Crippen molar-refractivity contribution in [3.05, 3.63) is 48.5 Å². The van der Waals surface area contributed by atoms with Gasteiger partial charge < -0.3 is 24.5 Å². The summed E-state index contributed by atoms with van der Waals surface area (Å²) < 4.78 is 13.0. The van der Waals surface area contributed by atoms with E-state index < -0.39 is 6.35 Å². The zero-order chi connectivity index (χ0) is 20.6. The van der Waals surface area contributed by atoms with Gasteiger partial charge in [-0.3, -0.25) is 9.69 Å². The van der Waals surface area contributed by atoms with Crippen molar-refractivity contribution in [2.75, 3.05) is 25.1 Å². The number of aliphatic hydroxyl groups excluding tert-OH is 1. The highest BCUT2D eigenvalue weighted by molar-refractivity contribution is 5.99. The van der Waals surface area contributed by atoms with Crippen LogP contribution in [-0.2, 0) is 16.0 Å². The van der Waals surface area contributed by atoms with Crippen molar-refractivity contribution in [2.45, 2.75) is 51.8 Å². The lowest BCUT2D eigenvalue weighted by Gasteiger charge is -2.33. The lowest BCUT2D eigenvalue weighted by atomic mass is 10.2. The Labute approximate surface area is 171 Å². The first-order valence-corrected chi connectivity index (χ1v) is 10.1. The van der Waals surface area contributed by atoms with Gasteiger partial charge in [0, 0.05) is 19.7 Å². The van der Waals surface area contributed by atoms with E-state index in [0.717, 1.165) is 31.4 Å². The monoisotopic (exact) mass is 402 g/mol. The van der Waals surface area contributed by atoms with E-state index in [1.807, 2.05) is 25.2 Å². The van der Waals surface area contributed by atoms with Crippen molar-refractivity contribution in [1.29, 1.82) is 0 Å². The van der Waals surface area contributed by atoms with Gasteiger partial charge in [0.25, 0.3) is 5.91 Å². The maximum atomic E-state index is 13.0. The molecule has 0 radical (unpaired) electrons. The Morgan fingerprint density at radius 1 is 1.52 bits per heavy atom. The van der Waals surface area contributed by atoms with E-state index in [1.54, 1.807) is 17.0 Å². The third-order valence-corrected chi connectivity index (χ3v) is 4.97. The minimum Gasteiger partial charge on any atom is -0.356 e. The number of fused-ring (bicyclic) bond motifs is 1. The fraction of sp³-hybridized carbons (Fsp3) is 0.524. The number of amides is 1. The molecule has 3 heterocycles. The molecule has 0 saturated carbocycles. The largest absolute Gasteiger partial charge is 0.356 e. The Kier molecular flexibility index (Phi) is 7.62. The SMILES string of the molecule is C=C/C(=C\C=C/C)Cn1cnc2c1C(=O)N(CCCOC1CCCCO1)C(O)N2. The van der Waals surface area contributed by atoms with Gasteiger partial charge in [-0.05, 0) is 38.2 Å². The molecule has 2 aliphatic heterocycles. The van der Waals surface area contributed by atoms with Crippen LogP contribution in [0.5, 0.6) is 0 Å². The van der Waals surface area contributed by atoms with Gasteiger partial charge in [0.2, 0.25) is 6.35 Å². The number of imidazole rings is 1. The molecule has 1 fully saturated rings. The van der Waals surface area contributed by atoms with Gasteiger partial charge in [-0.1, -0.05) is 30.9 Å². The van der Waals surface area contributed by atoms with E-state index in [4.69, 9.17) is 9.47 Å². The summed E-state index contributed by atoms with van der Waals surface area (Å²) in [5.74, 6) is 0.132. The van der Waals surface area contributed by atoms with Crippen LogP contribution in [0.25, 0.3) is 0 Å². The average molecular weight is 402 g/mol. The molecule has 0 spiro atoms. The minimum atomic E-state index is -1.11. The minimum absolute atomic E-state index is 0.154. The van der Waals surface area contributed by atoms with Crippen molar-refractivity contribution in [1.82, 2.24) is 14.5 Å². The summed E-state index contributed by atoms with van der Waals surface area (Å²) in [6.07, 6.45) is 11.6. The Balaban J connectivity index is 1.61. The molecule has 8 nitrogen and oxygen atoms in total. The second kappa shape index (κ2) is 10.4. The summed E-state index contributed by atoms with van der Waals surface area (Å²) in [5, 5.41) is 13.2. The summed E-state index contributed by atoms with van der Waals surface area (Å²) in [6, 6.07) is 0. The summed E-state index contributed by atoms with van der Waals surface area (Å²) in [7, 11) is 0. The second-order valence-electron chi connectivity index (χ2n) is 7.08. The van der Waals surface area contributed by atoms with E-state index in [9.17, 15) is 9.90 Å². The standard InChI is InChI=1S/C21H30N4O4/c1-3-5-9-16(4-2)14-24-15-22-19-18(24)20(26)25(21(27)23-19)11-8-13-29-17-10-6-7-12-28-17/h3-5,9,15,17,21,23,27H,2,6-8,10-14H2,1H3/b5-3-,16-9+. The van der Waals surface area contributed by atoms with Gasteiger partial charge in [0.05, 0.1) is 12.9 Å². The maximum absolute atomic E-state index is 13.0. The molecule has 2 N–H and O–H groups in total. The zero-order valence-electron chi connectivity index (χ0n) is 16.9. The normalized spacial score (nSPS) is 22.6. The number of nitrogens with zero attached hydrogens (tertiary/aromatic N) is 3. The molecule has 1 aromatic rings. The van der Waals surface area contributed by atoms with E-state index in [-0.39, 0.29) is 12.2 Å². The van der Waals surface area contributed by atoms with Crippen LogP contribution in [-0.4, -0.2) is 57.9 Å². The number of aliphatic hydroxyl groups is 1. The number of aromatic nitrogens is 2. The molecule has 8 heteroatoms. The number of hydrogen-bond acceptors (Lipinski definition) is 6. The molecule has 0 bridgehead atoms. The highest BCUT2D eigenvalue weighted by Gasteiger charge is 2.34. The van der Waals surface area contributed by atoms with Gasteiger partial charge in [-0.25, -0.2) is 4.98 Å². The topological polar surface area (TPSA) is 88.9 Å². The van der Waals surface area contributed by atoms with Crippen LogP contribution in [0.15, 0.2) is 42.8 Å². The zero-order valence-corrected chi connectivity index (χ0v) is 16.9. The van der Waals surface area contributed by atoms with Crippen LogP contribution in [0.1, 0.15) is 43.1 Å². The van der Waals surface area contributed by atoms with Crippen molar-refractivity contribution < 1.29 is 19.4 Å². The molecule has 1 amide bonds. The number of allylic oxidation sites excluding steroid dienone is 5. The fourth-order valence-corrected chi connectivity index (χ4v) is 3.40. The lowest BCUT2D eigenvalue weighted by Crippen LogP contribution is -2.50. The highest BCUT2D eigenvalue weighted by Crippen LogP contribution is 2.24. The highest BCUT2D eigenvalue weighted by atomic mass is 16.7. The predicted octanol–water partition coefficient (Wildman–Crippen LogP) is 2.65. The number of carbonyl (C=O) groups excluding carboxylic acids is 1. The Bertz CT molecular complexity index is 765. The Morgan fingerprint density at radius 3 is 3.10 bits per heavy atom. The van der Waals surface area contributed by atoms with Crippen LogP contribution in [0.4, 0.5) is 5.82 Å². The molecule has 158 valence electrons. The van der Waals surface area contributed by atoms with Crippen molar-refractivity contribution in [3.63, 3.8) is 0 Å². The fourth-order valence-electron chi connectivity index (χ4n) is 3.40. The summed E-state index contributed by atoms with van der Waals surface area (Å²) >= 11 is 0. The quantitative estimate of drug-likeness (QED) is 0.488. The number of hydrogen-bond donors (Lipinski definition) is 2. The molecule has 2 unspecified atom stereocenters. The van der Waals surface area contributed by atoms with Crippen LogP contribution >= 0.6 is 0 Å². The summed E-state index contributed by atoms with van der Waals surface area (Å²) in [4.78, 5) is 18.7. The number of rotatable bonds is 9. The molecule has 0 aliphatic carbocycles. The van der Waals surface area contributed by atoms with Crippen LogP contribution in [0.3, 0.4) is 0 Å². The number of nitrogens with one attached hydrogen (secondary N) is 1. The number of anilines is 1.